The first-order valence-electron chi connectivity index (χ1n) is 14.0. The molecule has 0 spiro atoms. The Morgan fingerprint density at radius 1 is 0.786 bits per heavy atom. The number of aromatic nitrogens is 2. The molecule has 2 bridgehead atoms. The predicted octanol–water partition coefficient (Wildman–Crippen LogP) is 10.7. The fourth-order valence-electron chi connectivity index (χ4n) is 5.36. The van der Waals surface area contributed by atoms with Crippen LogP contribution in [0.15, 0.2) is 168 Å². The Morgan fingerprint density at radius 2 is 1.62 bits per heavy atom. The molecule has 4 aliphatic carbocycles. The number of allylic oxidation sites excluding steroid dienone is 20. The highest BCUT2D eigenvalue weighted by molar-refractivity contribution is 14.2. The van der Waals surface area contributed by atoms with Gasteiger partial charge in [0, 0.05) is 23.3 Å². The minimum Gasteiger partial charge on any atom is -0.256 e. The molecule has 0 amide bonds. The van der Waals surface area contributed by atoms with Crippen molar-refractivity contribution in [2.45, 2.75) is 11.7 Å². The van der Waals surface area contributed by atoms with Crippen LogP contribution < -0.4 is 0 Å². The van der Waals surface area contributed by atoms with E-state index in [0.717, 1.165) is 33.8 Å². The Labute approximate surface area is 267 Å². The van der Waals surface area contributed by atoms with E-state index in [0.29, 0.717) is 5.25 Å². The zero-order valence-electron chi connectivity index (χ0n) is 22.7. The van der Waals surface area contributed by atoms with E-state index in [1.54, 1.807) is 11.3 Å². The molecule has 0 N–H and O–H groups in total. The van der Waals surface area contributed by atoms with Crippen molar-refractivity contribution in [2.75, 3.05) is 0 Å². The van der Waals surface area contributed by atoms with Crippen LogP contribution >= 0.6 is 41.5 Å². The fraction of sp³-hybridized carbons (Fsp3) is 0.0811. The number of benzene rings is 1. The second kappa shape index (κ2) is 12.4. The van der Waals surface area contributed by atoms with Gasteiger partial charge in [0.15, 0.2) is 0 Å². The summed E-state index contributed by atoms with van der Waals surface area (Å²) < 4.78 is 1.20. The van der Waals surface area contributed by atoms with Gasteiger partial charge in [-0.25, -0.2) is 4.98 Å². The molecule has 0 aliphatic heterocycles. The van der Waals surface area contributed by atoms with Crippen LogP contribution in [0.3, 0.4) is 0 Å². The molecular formula is C37H27IN2S2. The summed E-state index contributed by atoms with van der Waals surface area (Å²) in [7, 11) is 1.82. The van der Waals surface area contributed by atoms with Crippen LogP contribution in [0.2, 0.25) is 0 Å². The zero-order chi connectivity index (χ0) is 28.3. The normalized spacial score (nSPS) is 21.4. The van der Waals surface area contributed by atoms with Gasteiger partial charge in [0.1, 0.15) is 5.01 Å². The molecule has 2 heterocycles. The smallest absolute Gasteiger partial charge is 0.126 e. The molecule has 3 aromatic rings. The number of rotatable bonds is 5. The maximum absolute atomic E-state index is 4.83. The highest BCUT2D eigenvalue weighted by Crippen LogP contribution is 2.33. The topological polar surface area (TPSA) is 25.8 Å². The molecule has 7 rings (SSSR count). The van der Waals surface area contributed by atoms with Crippen LogP contribution in [-0.2, 0) is 0 Å². The number of halogens is 1. The summed E-state index contributed by atoms with van der Waals surface area (Å²) in [4.78, 5) is 9.61. The summed E-state index contributed by atoms with van der Waals surface area (Å²) >= 11 is 4.07. The molecule has 5 heteroatoms. The number of nitrogens with zero attached hydrogens (tertiary/aromatic N) is 2. The average Bonchev–Trinajstić information content (AvgIpc) is 3.31. The quantitative estimate of drug-likeness (QED) is 0.249. The highest BCUT2D eigenvalue weighted by atomic mass is 127. The third-order valence-corrected chi connectivity index (χ3v) is 10.9. The van der Waals surface area contributed by atoms with E-state index >= 15 is 0 Å². The van der Waals surface area contributed by atoms with Crippen molar-refractivity contribution in [1.29, 1.82) is 0 Å². The first kappa shape index (κ1) is 27.3. The summed E-state index contributed by atoms with van der Waals surface area (Å²) in [6, 6.07) is 12.5. The van der Waals surface area contributed by atoms with Crippen LogP contribution in [0.25, 0.3) is 26.4 Å². The van der Waals surface area contributed by atoms with Gasteiger partial charge >= 0.3 is 0 Å². The third kappa shape index (κ3) is 6.00. The van der Waals surface area contributed by atoms with E-state index in [4.69, 9.17) is 9.97 Å². The van der Waals surface area contributed by atoms with Crippen molar-refractivity contribution in [3.63, 3.8) is 0 Å². The first-order chi connectivity index (χ1) is 20.7. The molecule has 2 unspecified atom stereocenters. The highest BCUT2D eigenvalue weighted by Gasteiger charge is 2.14. The number of thiazole rings is 1. The summed E-state index contributed by atoms with van der Waals surface area (Å²) in [5, 5.41) is 1.42. The van der Waals surface area contributed by atoms with Gasteiger partial charge in [-0.05, 0) is 85.8 Å². The van der Waals surface area contributed by atoms with Gasteiger partial charge in [-0.3, -0.25) is 4.98 Å². The van der Waals surface area contributed by atoms with Gasteiger partial charge < -0.3 is 0 Å². The summed E-state index contributed by atoms with van der Waals surface area (Å²) in [6.45, 7) is 0. The number of hydrogen-bond acceptors (Lipinski definition) is 4. The lowest BCUT2D eigenvalue weighted by Crippen LogP contribution is -1.91. The second-order valence-corrected chi connectivity index (χ2v) is 13.7. The van der Waals surface area contributed by atoms with Gasteiger partial charge in [-0.1, -0.05) is 112 Å². The lowest BCUT2D eigenvalue weighted by molar-refractivity contribution is 1.06. The van der Waals surface area contributed by atoms with Crippen molar-refractivity contribution in [2.24, 2.45) is 5.92 Å². The molecule has 4 aliphatic rings. The van der Waals surface area contributed by atoms with Gasteiger partial charge in [0.05, 0.1) is 21.2 Å². The molecule has 2 aromatic heterocycles. The number of para-hydroxylation sites is 1. The molecule has 2 atom stereocenters. The lowest BCUT2D eigenvalue weighted by Gasteiger charge is -2.07. The van der Waals surface area contributed by atoms with E-state index in [-0.39, 0.29) is 5.92 Å². The molecule has 0 fully saturated rings. The summed E-state index contributed by atoms with van der Waals surface area (Å²) in [5.41, 5.74) is 10.4. The standard InChI is InChI=1S/C37H27IN2S2/c38-42-33-8-4-7-28(17-19-33)27-5-3-6-29(16-15-27)30-13-11-26-21-25(22-30)12-14-31(23-26)34-20-18-32(24-39-34)37-40-35-9-1-2-10-36(35)41-37/h1-2,4-25,33H,3H2. The maximum Gasteiger partial charge on any atom is 0.126 e. The van der Waals surface area contributed by atoms with Crippen LogP contribution in [0.4, 0.5) is 0 Å². The van der Waals surface area contributed by atoms with E-state index in [2.05, 4.69) is 149 Å². The van der Waals surface area contributed by atoms with Gasteiger partial charge in [-0.2, -0.15) is 0 Å². The monoisotopic (exact) mass is 690 g/mol. The Hall–Kier alpha value is -3.52. The molecule has 0 radical (unpaired) electrons. The van der Waals surface area contributed by atoms with Crippen LogP contribution in [0.1, 0.15) is 12.1 Å². The van der Waals surface area contributed by atoms with Crippen LogP contribution in [-0.4, -0.2) is 15.2 Å². The van der Waals surface area contributed by atoms with Gasteiger partial charge in [-0.15, -0.1) is 11.3 Å². The number of pyridine rings is 1. The maximum atomic E-state index is 4.83. The van der Waals surface area contributed by atoms with Crippen molar-refractivity contribution in [1.82, 2.24) is 9.97 Å². The minimum atomic E-state index is 0.214. The summed E-state index contributed by atoms with van der Waals surface area (Å²) in [5.74, 6) is 0.214. The number of fused-ring (bicyclic) bond motifs is 2. The van der Waals surface area contributed by atoms with E-state index < -0.39 is 0 Å². The fourth-order valence-corrected chi connectivity index (χ4v) is 7.62. The lowest BCUT2D eigenvalue weighted by atomic mass is 9.98. The SMILES string of the molecule is ISC1C=CC=C(C2=CCC=C(C3=CC4C=CC(c5ccc(-c6nc7ccccc7s6)cn5)=CC(=C4)C=C3)C=C2)C=C1. The number of hydrogen-bond donors (Lipinski definition) is 0. The first-order valence-corrected chi connectivity index (χ1v) is 18.2. The Bertz CT molecular complexity index is 1850. The largest absolute Gasteiger partial charge is 0.256 e. The Kier molecular flexibility index (Phi) is 8.05. The molecule has 0 saturated heterocycles. The van der Waals surface area contributed by atoms with Crippen LogP contribution in [0, 0.1) is 5.92 Å². The second-order valence-electron chi connectivity index (χ2n) is 10.4. The van der Waals surface area contributed by atoms with E-state index in [1.165, 1.54) is 32.6 Å². The average molecular weight is 691 g/mol. The van der Waals surface area contributed by atoms with E-state index in [1.807, 2.05) is 21.2 Å². The van der Waals surface area contributed by atoms with Crippen LogP contribution in [0.5, 0.6) is 0 Å². The summed E-state index contributed by atoms with van der Waals surface area (Å²) in [6.07, 6.45) is 39.0. The van der Waals surface area contributed by atoms with Crippen molar-refractivity contribution < 1.29 is 0 Å². The molecule has 0 saturated carbocycles. The zero-order valence-corrected chi connectivity index (χ0v) is 26.5. The minimum absolute atomic E-state index is 0.214. The van der Waals surface area contributed by atoms with Gasteiger partial charge in [0.2, 0.25) is 0 Å². The van der Waals surface area contributed by atoms with Crippen molar-refractivity contribution >= 4 is 57.3 Å². The molecule has 204 valence electrons. The van der Waals surface area contributed by atoms with Crippen molar-refractivity contribution in [3.8, 4) is 10.6 Å². The molecule has 42 heavy (non-hydrogen) atoms. The molecular weight excluding hydrogens is 663 g/mol. The predicted molar refractivity (Wildman–Crippen MR) is 190 cm³/mol. The third-order valence-electron chi connectivity index (χ3n) is 7.56. The van der Waals surface area contributed by atoms with Gasteiger partial charge in [0.25, 0.3) is 0 Å². The molecule has 2 nitrogen and oxygen atoms in total. The molecule has 1 aromatic carbocycles. The van der Waals surface area contributed by atoms with E-state index in [9.17, 15) is 0 Å². The Balaban J connectivity index is 1.07. The Morgan fingerprint density at radius 3 is 2.45 bits per heavy atom. The van der Waals surface area contributed by atoms with Crippen molar-refractivity contribution in [3.05, 3.63) is 173 Å².